The Morgan fingerprint density at radius 3 is 1.17 bits per heavy atom. The third-order valence-electron chi connectivity index (χ3n) is 6.67. The largest absolute Gasteiger partial charge is 0.563 e. The zero-order valence-corrected chi connectivity index (χ0v) is 20.7. The average molecular weight is 686 g/mol. The lowest BCUT2D eigenvalue weighted by molar-refractivity contribution is 0.0432. The van der Waals surface area contributed by atoms with Crippen LogP contribution in [0, 0.1) is 93.1 Å². The van der Waals surface area contributed by atoms with Gasteiger partial charge >= 0.3 is 13.0 Å². The number of fused-ring (bicyclic) bond motifs is 3. The van der Waals surface area contributed by atoms with Gasteiger partial charge in [0.1, 0.15) is 0 Å². The van der Waals surface area contributed by atoms with Crippen molar-refractivity contribution in [3.8, 4) is 28.0 Å². The van der Waals surface area contributed by atoms with Gasteiger partial charge in [-0.25, -0.2) is 65.9 Å². The summed E-state index contributed by atoms with van der Waals surface area (Å²) in [5, 5.41) is 10.4. The predicted molar refractivity (Wildman–Crippen MR) is 114 cm³/mol. The molecule has 0 fully saturated rings. The number of hydrogen-bond donors (Lipinski definition) is 1. The van der Waals surface area contributed by atoms with Gasteiger partial charge in [-0.2, -0.15) is 13.2 Å². The summed E-state index contributed by atoms with van der Waals surface area (Å²) in [5.74, 6) is -56.1. The van der Waals surface area contributed by atoms with Gasteiger partial charge in [-0.3, -0.25) is 0 Å². The van der Waals surface area contributed by atoms with Crippen molar-refractivity contribution in [2.24, 2.45) is 0 Å². The van der Waals surface area contributed by atoms with Gasteiger partial charge in [0.15, 0.2) is 81.4 Å². The normalized spacial score (nSPS) is 13.3. The minimum Gasteiger partial charge on any atom is -0.530 e. The summed E-state index contributed by atoms with van der Waals surface area (Å²) in [7, 11) is -4.02. The minimum atomic E-state index is -5.53. The summed E-state index contributed by atoms with van der Waals surface area (Å²) in [6.45, 7) is 0. The molecule has 2 nitrogen and oxygen atoms in total. The molecule has 0 amide bonds. The molecule has 0 radical (unpaired) electrons. The molecule has 46 heavy (non-hydrogen) atoms. The first-order chi connectivity index (χ1) is 21.2. The molecule has 4 aromatic carbocycles. The van der Waals surface area contributed by atoms with Crippen LogP contribution in [0.4, 0.5) is 79.0 Å². The third-order valence-corrected chi connectivity index (χ3v) is 6.67. The second-order valence-electron chi connectivity index (χ2n) is 9.06. The summed E-state index contributed by atoms with van der Waals surface area (Å²) >= 11 is 0. The fourth-order valence-corrected chi connectivity index (χ4v) is 4.70. The van der Waals surface area contributed by atoms with Crippen molar-refractivity contribution in [3.05, 3.63) is 104 Å². The van der Waals surface area contributed by atoms with Crippen LogP contribution < -0.4 is 10.1 Å². The number of alkyl halides is 2. The minimum absolute atomic E-state index is 2.30. The standard InChI is InChI=1S/C25HBF18O2/c27-8-1-2-6(13(32)20(39)16(35)9(2)28)25(43,44)5(1)7(14(33)15(8)34)26(45)46-24-4(12(31)19(38)22(41)23(24)42)3-10(29)17(36)21(40)18(37)11(3)30/h45H. The van der Waals surface area contributed by atoms with E-state index in [-0.39, 0.29) is 0 Å². The van der Waals surface area contributed by atoms with Crippen molar-refractivity contribution in [2.75, 3.05) is 0 Å². The van der Waals surface area contributed by atoms with E-state index in [9.17, 15) is 75.3 Å². The molecule has 21 heteroatoms. The number of hydrogen-bond acceptors (Lipinski definition) is 2. The first-order valence-electron chi connectivity index (χ1n) is 11.4. The monoisotopic (exact) mass is 686 g/mol. The maximum atomic E-state index is 15.4. The summed E-state index contributed by atoms with van der Waals surface area (Å²) in [6, 6.07) is 0. The van der Waals surface area contributed by atoms with Crippen LogP contribution in [-0.4, -0.2) is 12.1 Å². The van der Waals surface area contributed by atoms with Crippen molar-refractivity contribution >= 4 is 12.6 Å². The van der Waals surface area contributed by atoms with Gasteiger partial charge in [-0.15, -0.1) is 0 Å². The van der Waals surface area contributed by atoms with E-state index in [1.54, 1.807) is 0 Å². The Balaban J connectivity index is 1.85. The first-order valence-corrected chi connectivity index (χ1v) is 11.4. The van der Waals surface area contributed by atoms with Crippen LogP contribution in [0.5, 0.6) is 5.75 Å². The van der Waals surface area contributed by atoms with Gasteiger partial charge in [0, 0.05) is 22.2 Å². The molecule has 4 aromatic rings. The van der Waals surface area contributed by atoms with E-state index in [2.05, 4.69) is 4.65 Å². The molecule has 0 spiro atoms. The molecule has 0 heterocycles. The summed E-state index contributed by atoms with van der Waals surface area (Å²) < 4.78 is 264. The molecule has 0 atom stereocenters. The molecular formula is C25HBF18O2. The molecule has 0 saturated heterocycles. The van der Waals surface area contributed by atoms with Crippen LogP contribution in [0.2, 0.25) is 0 Å². The van der Waals surface area contributed by atoms with Gasteiger partial charge in [-0.05, 0) is 0 Å². The van der Waals surface area contributed by atoms with Crippen LogP contribution >= 0.6 is 0 Å². The lowest BCUT2D eigenvalue weighted by Crippen LogP contribution is -2.45. The van der Waals surface area contributed by atoms with Crippen LogP contribution in [0.3, 0.4) is 0 Å². The molecule has 0 aliphatic heterocycles. The van der Waals surface area contributed by atoms with E-state index < -0.39 is 151 Å². The lowest BCUT2D eigenvalue weighted by atomic mass is 9.73. The molecule has 1 aliphatic rings. The van der Waals surface area contributed by atoms with Gasteiger partial charge in [0.05, 0.1) is 16.7 Å². The predicted octanol–water partition coefficient (Wildman–Crippen LogP) is 7.47. The Hall–Kier alpha value is -4.56. The first kappa shape index (κ1) is 32.8. The van der Waals surface area contributed by atoms with Crippen molar-refractivity contribution in [2.45, 2.75) is 5.92 Å². The second-order valence-corrected chi connectivity index (χ2v) is 9.06. The number of benzene rings is 4. The summed E-state index contributed by atoms with van der Waals surface area (Å²) in [5.41, 5.74) is -17.8. The van der Waals surface area contributed by atoms with Crippen molar-refractivity contribution < 1.29 is 88.7 Å². The van der Waals surface area contributed by atoms with Crippen molar-refractivity contribution in [1.29, 1.82) is 0 Å². The Morgan fingerprint density at radius 1 is 0.370 bits per heavy atom. The average Bonchev–Trinajstić information content (AvgIpc) is 3.25. The topological polar surface area (TPSA) is 29.5 Å². The molecule has 242 valence electrons. The van der Waals surface area contributed by atoms with Crippen LogP contribution in [0.1, 0.15) is 11.1 Å². The van der Waals surface area contributed by atoms with Gasteiger partial charge < -0.3 is 9.68 Å². The zero-order valence-electron chi connectivity index (χ0n) is 20.7. The quantitative estimate of drug-likeness (QED) is 0.105. The second kappa shape index (κ2) is 10.5. The Bertz CT molecular complexity index is 2020. The lowest BCUT2D eigenvalue weighted by Gasteiger charge is -2.22. The third kappa shape index (κ3) is 4.09. The molecule has 1 aliphatic carbocycles. The highest BCUT2D eigenvalue weighted by molar-refractivity contribution is 6.61. The zero-order chi connectivity index (χ0) is 34.6. The van der Waals surface area contributed by atoms with E-state index in [1.165, 1.54) is 0 Å². The molecule has 5 rings (SSSR count). The maximum absolute atomic E-state index is 15.4. The molecule has 0 bridgehead atoms. The fraction of sp³-hybridized carbons (Fsp3) is 0.0400. The highest BCUT2D eigenvalue weighted by atomic mass is 19.3. The smallest absolute Gasteiger partial charge is 0.530 e. The molecular weight excluding hydrogens is 685 g/mol. The summed E-state index contributed by atoms with van der Waals surface area (Å²) in [6.07, 6.45) is 0. The SMILES string of the molecule is OB(Oc1c(F)c(F)c(F)c(F)c1-c1c(F)c(F)c(F)c(F)c1F)c1c(F)c(F)c(F)c2c1C(F)(F)c1c(F)c(F)c(F)c(F)c1-2. The van der Waals surface area contributed by atoms with Crippen LogP contribution in [0.15, 0.2) is 0 Å². The van der Waals surface area contributed by atoms with E-state index in [0.717, 1.165) is 0 Å². The van der Waals surface area contributed by atoms with E-state index in [0.29, 0.717) is 0 Å². The summed E-state index contributed by atoms with van der Waals surface area (Å²) in [4.78, 5) is 0. The van der Waals surface area contributed by atoms with Gasteiger partial charge in [-0.1, -0.05) is 0 Å². The highest BCUT2D eigenvalue weighted by Gasteiger charge is 2.56. The number of rotatable bonds is 4. The van der Waals surface area contributed by atoms with Crippen LogP contribution in [-0.2, 0) is 5.92 Å². The fourth-order valence-electron chi connectivity index (χ4n) is 4.70. The maximum Gasteiger partial charge on any atom is 0.563 e. The van der Waals surface area contributed by atoms with Crippen molar-refractivity contribution in [3.63, 3.8) is 0 Å². The molecule has 1 N–H and O–H groups in total. The molecule has 0 unspecified atom stereocenters. The Labute approximate surface area is 240 Å². The molecule has 0 aromatic heterocycles. The van der Waals surface area contributed by atoms with E-state index in [4.69, 9.17) is 0 Å². The van der Waals surface area contributed by atoms with E-state index >= 15 is 8.78 Å². The number of halogens is 18. The van der Waals surface area contributed by atoms with Crippen molar-refractivity contribution in [1.82, 2.24) is 0 Å². The highest BCUT2D eigenvalue weighted by Crippen LogP contribution is 2.55. The Kier molecular flexibility index (Phi) is 7.49. The van der Waals surface area contributed by atoms with Gasteiger partial charge in [0.25, 0.3) is 0 Å². The Morgan fingerprint density at radius 2 is 0.696 bits per heavy atom. The van der Waals surface area contributed by atoms with Crippen LogP contribution in [0.25, 0.3) is 22.3 Å². The molecule has 0 saturated carbocycles. The van der Waals surface area contributed by atoms with E-state index in [1.807, 2.05) is 0 Å². The van der Waals surface area contributed by atoms with Gasteiger partial charge in [0.2, 0.25) is 17.5 Å².